The summed E-state index contributed by atoms with van der Waals surface area (Å²) in [6, 6.07) is -0.231. The third-order valence-corrected chi connectivity index (χ3v) is 2.09. The number of carboxylic acids is 1. The standard InChI is InChI=1S/C11H21NO4/c1-7(6-9(13)14)8(2)12-10(15)16-11(3,4)5/h7-8H,6H2,1-5H3,(H,12,15)(H,13,14)/t7-,8+/m0/s1. The number of carbonyl (C=O) groups excluding carboxylic acids is 1. The van der Waals surface area contributed by atoms with Crippen molar-refractivity contribution in [2.45, 2.75) is 52.7 Å². The molecule has 0 aromatic heterocycles. The number of nitrogens with one attached hydrogen (secondary N) is 1. The maximum atomic E-state index is 11.4. The zero-order chi connectivity index (χ0) is 12.9. The molecule has 5 nitrogen and oxygen atoms in total. The quantitative estimate of drug-likeness (QED) is 0.776. The summed E-state index contributed by atoms with van der Waals surface area (Å²) in [5, 5.41) is 11.2. The molecule has 0 saturated carbocycles. The van der Waals surface area contributed by atoms with Gasteiger partial charge in [-0.2, -0.15) is 0 Å². The molecule has 0 unspecified atom stereocenters. The number of aliphatic carboxylic acids is 1. The second-order valence-electron chi connectivity index (χ2n) is 5.01. The van der Waals surface area contributed by atoms with Crippen molar-refractivity contribution >= 4 is 12.1 Å². The second-order valence-corrected chi connectivity index (χ2v) is 5.01. The van der Waals surface area contributed by atoms with E-state index in [9.17, 15) is 9.59 Å². The van der Waals surface area contributed by atoms with Gasteiger partial charge in [0.05, 0.1) is 0 Å². The largest absolute Gasteiger partial charge is 0.481 e. The number of hydrogen-bond acceptors (Lipinski definition) is 3. The second kappa shape index (κ2) is 5.72. The van der Waals surface area contributed by atoms with Crippen LogP contribution in [0.5, 0.6) is 0 Å². The van der Waals surface area contributed by atoms with Crippen molar-refractivity contribution in [2.75, 3.05) is 0 Å². The first-order chi connectivity index (χ1) is 7.11. The van der Waals surface area contributed by atoms with Gasteiger partial charge in [-0.1, -0.05) is 6.92 Å². The lowest BCUT2D eigenvalue weighted by atomic mass is 10.0. The zero-order valence-electron chi connectivity index (χ0n) is 10.5. The molecule has 94 valence electrons. The highest BCUT2D eigenvalue weighted by Crippen LogP contribution is 2.10. The van der Waals surface area contributed by atoms with Gasteiger partial charge in [-0.3, -0.25) is 4.79 Å². The fourth-order valence-electron chi connectivity index (χ4n) is 1.09. The summed E-state index contributed by atoms with van der Waals surface area (Å²) in [5.41, 5.74) is -0.542. The molecule has 2 N–H and O–H groups in total. The van der Waals surface area contributed by atoms with E-state index in [1.165, 1.54) is 0 Å². The fraction of sp³-hybridized carbons (Fsp3) is 0.818. The topological polar surface area (TPSA) is 75.6 Å². The summed E-state index contributed by atoms with van der Waals surface area (Å²) in [6.07, 6.45) is -0.492. The van der Waals surface area contributed by atoms with Crippen LogP contribution in [-0.2, 0) is 9.53 Å². The maximum Gasteiger partial charge on any atom is 0.407 e. The first kappa shape index (κ1) is 14.7. The van der Waals surface area contributed by atoms with Crippen LogP contribution in [0.2, 0.25) is 0 Å². The highest BCUT2D eigenvalue weighted by molar-refractivity contribution is 5.69. The van der Waals surface area contributed by atoms with Gasteiger partial charge in [0.1, 0.15) is 5.60 Å². The molecule has 0 bridgehead atoms. The van der Waals surface area contributed by atoms with E-state index in [0.29, 0.717) is 0 Å². The molecular formula is C11H21NO4. The molecule has 0 aromatic carbocycles. The summed E-state index contributed by atoms with van der Waals surface area (Å²) in [6.45, 7) is 8.86. The van der Waals surface area contributed by atoms with Crippen molar-refractivity contribution < 1.29 is 19.4 Å². The molecule has 5 heteroatoms. The molecule has 0 fully saturated rings. The summed E-state index contributed by atoms with van der Waals surface area (Å²) in [5.74, 6) is -1.00. The number of carboxylic acid groups (broad SMARTS) is 1. The predicted molar refractivity (Wildman–Crippen MR) is 60.2 cm³/mol. The molecule has 0 rings (SSSR count). The summed E-state index contributed by atoms with van der Waals surface area (Å²) in [7, 11) is 0. The molecule has 0 saturated heterocycles. The first-order valence-corrected chi connectivity index (χ1v) is 5.33. The average molecular weight is 231 g/mol. The van der Waals surface area contributed by atoms with Crippen molar-refractivity contribution in [3.05, 3.63) is 0 Å². The first-order valence-electron chi connectivity index (χ1n) is 5.33. The van der Waals surface area contributed by atoms with Gasteiger partial charge in [-0.15, -0.1) is 0 Å². The molecule has 0 aliphatic rings. The molecule has 0 radical (unpaired) electrons. The van der Waals surface area contributed by atoms with Crippen LogP contribution in [0.4, 0.5) is 4.79 Å². The maximum absolute atomic E-state index is 11.4. The van der Waals surface area contributed by atoms with Crippen LogP contribution in [0, 0.1) is 5.92 Å². The van der Waals surface area contributed by atoms with E-state index in [2.05, 4.69) is 5.32 Å². The van der Waals surface area contributed by atoms with Gasteiger partial charge in [0.25, 0.3) is 0 Å². The molecular weight excluding hydrogens is 210 g/mol. The van der Waals surface area contributed by atoms with E-state index in [4.69, 9.17) is 9.84 Å². The van der Waals surface area contributed by atoms with E-state index in [1.54, 1.807) is 34.6 Å². The van der Waals surface area contributed by atoms with Crippen molar-refractivity contribution in [3.8, 4) is 0 Å². The Morgan fingerprint density at radius 3 is 2.19 bits per heavy atom. The Hall–Kier alpha value is -1.26. The van der Waals surface area contributed by atoms with Gasteiger partial charge in [-0.25, -0.2) is 4.79 Å². The number of alkyl carbamates (subject to hydrolysis) is 1. The van der Waals surface area contributed by atoms with Gasteiger partial charge in [-0.05, 0) is 33.6 Å². The Bertz CT molecular complexity index is 257. The molecule has 2 atom stereocenters. The van der Waals surface area contributed by atoms with Crippen LogP contribution >= 0.6 is 0 Å². The number of carbonyl (C=O) groups is 2. The number of amides is 1. The number of ether oxygens (including phenoxy) is 1. The zero-order valence-corrected chi connectivity index (χ0v) is 10.5. The Morgan fingerprint density at radius 1 is 1.31 bits per heavy atom. The minimum Gasteiger partial charge on any atom is -0.481 e. The fourth-order valence-corrected chi connectivity index (χ4v) is 1.09. The molecule has 0 aliphatic carbocycles. The van der Waals surface area contributed by atoms with Gasteiger partial charge in [0, 0.05) is 12.5 Å². The van der Waals surface area contributed by atoms with Crippen LogP contribution in [0.15, 0.2) is 0 Å². The Morgan fingerprint density at radius 2 is 1.81 bits per heavy atom. The van der Waals surface area contributed by atoms with Crippen molar-refractivity contribution in [2.24, 2.45) is 5.92 Å². The van der Waals surface area contributed by atoms with Crippen molar-refractivity contribution in [3.63, 3.8) is 0 Å². The van der Waals surface area contributed by atoms with E-state index in [-0.39, 0.29) is 18.4 Å². The van der Waals surface area contributed by atoms with Crippen molar-refractivity contribution in [1.82, 2.24) is 5.32 Å². The van der Waals surface area contributed by atoms with Gasteiger partial charge in [0.2, 0.25) is 0 Å². The molecule has 0 aromatic rings. The van der Waals surface area contributed by atoms with Gasteiger partial charge < -0.3 is 15.2 Å². The average Bonchev–Trinajstić information content (AvgIpc) is 1.98. The lowest BCUT2D eigenvalue weighted by Crippen LogP contribution is -2.41. The lowest BCUT2D eigenvalue weighted by Gasteiger charge is -2.24. The van der Waals surface area contributed by atoms with Crippen LogP contribution in [0.1, 0.15) is 41.0 Å². The highest BCUT2D eigenvalue weighted by Gasteiger charge is 2.21. The van der Waals surface area contributed by atoms with Gasteiger partial charge in [0.15, 0.2) is 0 Å². The van der Waals surface area contributed by atoms with Crippen LogP contribution in [0.3, 0.4) is 0 Å². The molecule has 16 heavy (non-hydrogen) atoms. The highest BCUT2D eigenvalue weighted by atomic mass is 16.6. The third-order valence-electron chi connectivity index (χ3n) is 2.09. The van der Waals surface area contributed by atoms with E-state index in [0.717, 1.165) is 0 Å². The molecule has 0 heterocycles. The van der Waals surface area contributed by atoms with Crippen LogP contribution in [0.25, 0.3) is 0 Å². The molecule has 1 amide bonds. The van der Waals surface area contributed by atoms with Gasteiger partial charge >= 0.3 is 12.1 Å². The Kier molecular flexibility index (Phi) is 5.27. The minimum absolute atomic E-state index is 0.0248. The predicted octanol–water partition coefficient (Wildman–Crippen LogP) is 2.01. The number of hydrogen-bond donors (Lipinski definition) is 2. The van der Waals surface area contributed by atoms with E-state index >= 15 is 0 Å². The smallest absolute Gasteiger partial charge is 0.407 e. The van der Waals surface area contributed by atoms with Crippen molar-refractivity contribution in [1.29, 1.82) is 0 Å². The third kappa shape index (κ3) is 7.09. The Balaban J connectivity index is 4.09. The normalized spacial score (nSPS) is 15.1. The molecule has 0 aliphatic heterocycles. The summed E-state index contributed by atoms with van der Waals surface area (Å²) in [4.78, 5) is 21.9. The SMILES string of the molecule is C[C@@H](CC(=O)O)[C@@H](C)NC(=O)OC(C)(C)C. The van der Waals surface area contributed by atoms with E-state index in [1.807, 2.05) is 0 Å². The van der Waals surface area contributed by atoms with Crippen LogP contribution < -0.4 is 5.32 Å². The van der Waals surface area contributed by atoms with Crippen LogP contribution in [-0.4, -0.2) is 28.8 Å². The summed E-state index contributed by atoms with van der Waals surface area (Å²) >= 11 is 0. The monoisotopic (exact) mass is 231 g/mol. The lowest BCUT2D eigenvalue weighted by molar-refractivity contribution is -0.138. The molecule has 0 spiro atoms. The summed E-state index contributed by atoms with van der Waals surface area (Å²) < 4.78 is 5.07. The van der Waals surface area contributed by atoms with E-state index < -0.39 is 17.7 Å². The minimum atomic E-state index is -0.870. The number of rotatable bonds is 4. The Labute approximate surface area is 96.2 Å².